The zero-order valence-corrected chi connectivity index (χ0v) is 16.9. The number of aromatic nitrogens is 3. The van der Waals surface area contributed by atoms with Crippen LogP contribution in [-0.2, 0) is 11.3 Å². The maximum Gasteiger partial charge on any atom is 0.275 e. The zero-order chi connectivity index (χ0) is 21.8. The maximum atomic E-state index is 12.7. The minimum Gasteiger partial charge on any atom is -0.550 e. The molecule has 0 radical (unpaired) electrons. The molecule has 5 N–H and O–H groups in total. The number of aromatic amines is 1. The van der Waals surface area contributed by atoms with Crippen LogP contribution >= 0.6 is 0 Å². The predicted octanol–water partition coefficient (Wildman–Crippen LogP) is 0.947. The Hall–Kier alpha value is -3.65. The van der Waals surface area contributed by atoms with E-state index in [-0.39, 0.29) is 11.3 Å². The van der Waals surface area contributed by atoms with Crippen LogP contribution in [0.5, 0.6) is 5.75 Å². The molecule has 4 rings (SSSR count). The van der Waals surface area contributed by atoms with Crippen molar-refractivity contribution in [1.82, 2.24) is 14.5 Å². The quantitative estimate of drug-likeness (QED) is 0.461. The number of aliphatic carboxylic acids is 1. The summed E-state index contributed by atoms with van der Waals surface area (Å²) in [5.41, 5.74) is 8.30. The second-order valence-electron chi connectivity index (χ2n) is 7.07. The van der Waals surface area contributed by atoms with Crippen LogP contribution in [0.1, 0.15) is 18.9 Å². The van der Waals surface area contributed by atoms with E-state index < -0.39 is 5.97 Å². The normalized spacial score (nSPS) is 10.8. The number of phenols is 1. The first-order valence-electron chi connectivity index (χ1n) is 9.60. The first-order valence-corrected chi connectivity index (χ1v) is 9.60. The highest BCUT2D eigenvalue weighted by atomic mass is 16.4. The highest BCUT2D eigenvalue weighted by molar-refractivity contribution is 5.96. The number of carbonyl (C=O) groups is 1. The third-order valence-corrected chi connectivity index (χ3v) is 4.62. The third-order valence-electron chi connectivity index (χ3n) is 4.62. The summed E-state index contributed by atoms with van der Waals surface area (Å²) in [6, 6.07) is 11.0. The molecule has 4 aromatic rings. The number of H-pyrrole nitrogens is 1. The van der Waals surface area contributed by atoms with Gasteiger partial charge in [-0.25, -0.2) is 4.98 Å². The summed E-state index contributed by atoms with van der Waals surface area (Å²) in [4.78, 5) is 29.1. The maximum absolute atomic E-state index is 12.7. The number of rotatable bonds is 4. The van der Waals surface area contributed by atoms with Gasteiger partial charge in [0.05, 0.1) is 23.1 Å². The Labute approximate surface area is 172 Å². The minimum atomic E-state index is -1.08. The Morgan fingerprint density at radius 3 is 2.70 bits per heavy atom. The summed E-state index contributed by atoms with van der Waals surface area (Å²) in [6.07, 6.45) is 2.86. The number of quaternary nitrogens is 1. The van der Waals surface area contributed by atoms with Gasteiger partial charge in [0.25, 0.3) is 5.56 Å². The van der Waals surface area contributed by atoms with E-state index in [1.807, 2.05) is 37.4 Å². The molecule has 2 aromatic carbocycles. The summed E-state index contributed by atoms with van der Waals surface area (Å²) in [5.74, 6) is -0.881. The van der Waals surface area contributed by atoms with Gasteiger partial charge in [-0.2, -0.15) is 0 Å². The zero-order valence-electron chi connectivity index (χ0n) is 16.9. The molecule has 2 heterocycles. The van der Waals surface area contributed by atoms with Gasteiger partial charge in [0.1, 0.15) is 11.4 Å². The molecule has 8 nitrogen and oxygen atoms in total. The van der Waals surface area contributed by atoms with E-state index in [2.05, 4.69) is 20.3 Å². The van der Waals surface area contributed by atoms with Crippen LogP contribution in [0.15, 0.2) is 47.4 Å². The molecule has 0 saturated carbocycles. The molecule has 2 aromatic heterocycles. The van der Waals surface area contributed by atoms with Crippen LogP contribution in [0.25, 0.3) is 33.2 Å². The Morgan fingerprint density at radius 2 is 2.00 bits per heavy atom. The number of phenolic OH excluding ortho intramolecular Hbond substituents is 1. The van der Waals surface area contributed by atoms with Crippen LogP contribution in [0, 0.1) is 6.92 Å². The summed E-state index contributed by atoms with van der Waals surface area (Å²) in [7, 11) is 0. The molecule has 30 heavy (non-hydrogen) atoms. The van der Waals surface area contributed by atoms with Crippen LogP contribution in [0.2, 0.25) is 0 Å². The fraction of sp³-hybridized carbons (Fsp3) is 0.227. The number of carboxylic acids is 1. The monoisotopic (exact) mass is 408 g/mol. The topological polar surface area (TPSA) is 139 Å². The second-order valence-corrected chi connectivity index (χ2v) is 7.07. The van der Waals surface area contributed by atoms with Crippen molar-refractivity contribution in [3.63, 3.8) is 0 Å². The van der Waals surface area contributed by atoms with E-state index in [0.29, 0.717) is 5.69 Å². The number of aromatic hydroxyl groups is 1. The van der Waals surface area contributed by atoms with E-state index in [4.69, 9.17) is 9.90 Å². The molecule has 0 saturated heterocycles. The first-order chi connectivity index (χ1) is 14.3. The van der Waals surface area contributed by atoms with Crippen LogP contribution in [0.3, 0.4) is 0 Å². The average molecular weight is 408 g/mol. The Morgan fingerprint density at radius 1 is 1.27 bits per heavy atom. The number of carboxylic acid groups (broad SMARTS) is 1. The lowest BCUT2D eigenvalue weighted by atomic mass is 10.1. The van der Waals surface area contributed by atoms with Crippen molar-refractivity contribution in [2.45, 2.75) is 26.8 Å². The fourth-order valence-corrected chi connectivity index (χ4v) is 3.31. The van der Waals surface area contributed by atoms with Crippen molar-refractivity contribution < 1.29 is 20.7 Å². The molecule has 0 bridgehead atoms. The highest BCUT2D eigenvalue weighted by Gasteiger charge is 2.16. The van der Waals surface area contributed by atoms with E-state index in [1.54, 1.807) is 12.1 Å². The fourth-order valence-electron chi connectivity index (χ4n) is 3.31. The molecule has 0 atom stereocenters. The Kier molecular flexibility index (Phi) is 6.17. The highest BCUT2D eigenvalue weighted by Crippen LogP contribution is 2.31. The SMILES string of the molecule is CC(=O)[O-].Cc1ccc2[nH]c(=O)c(-c3cn(CCC[NH3+])c4cc(O)ccc34)nc2c1. The summed E-state index contributed by atoms with van der Waals surface area (Å²) >= 11 is 0. The minimum absolute atomic E-state index is 0.203. The number of benzene rings is 2. The number of fused-ring (bicyclic) bond motifs is 2. The number of nitrogens with one attached hydrogen (secondary N) is 1. The Balaban J connectivity index is 0.000000589. The van der Waals surface area contributed by atoms with Gasteiger partial charge in [-0.1, -0.05) is 6.07 Å². The molecule has 0 unspecified atom stereocenters. The summed E-state index contributed by atoms with van der Waals surface area (Å²) in [5, 5.41) is 19.7. The smallest absolute Gasteiger partial charge is 0.275 e. The number of hydrogen-bond donors (Lipinski definition) is 3. The van der Waals surface area contributed by atoms with Gasteiger partial charge in [0.15, 0.2) is 0 Å². The lowest BCUT2D eigenvalue weighted by molar-refractivity contribution is -0.368. The van der Waals surface area contributed by atoms with Gasteiger partial charge in [-0.3, -0.25) is 4.79 Å². The molecule has 0 spiro atoms. The number of aryl methyl sites for hydroxylation is 2. The molecule has 0 aliphatic rings. The number of carbonyl (C=O) groups excluding carboxylic acids is 1. The molecule has 8 heteroatoms. The molecule has 156 valence electrons. The van der Waals surface area contributed by atoms with Gasteiger partial charge in [-0.15, -0.1) is 0 Å². The molecular formula is C22H24N4O4. The van der Waals surface area contributed by atoms with Crippen molar-refractivity contribution in [1.29, 1.82) is 0 Å². The van der Waals surface area contributed by atoms with Crippen LogP contribution in [0.4, 0.5) is 0 Å². The standard InChI is InChI=1S/C20H20N4O2.C2H4O2/c1-12-3-6-16-17(9-12)22-19(20(26)23-16)15-11-24(8-2-7-21)18-10-13(25)4-5-14(15)18;1-2(3)4/h3-6,9-11,25H,2,7-8,21H2,1H3,(H,23,26);1H3,(H,3,4). The molecule has 0 aliphatic heterocycles. The Bertz CT molecular complexity index is 1270. The molecule has 0 fully saturated rings. The van der Waals surface area contributed by atoms with Gasteiger partial charge >= 0.3 is 0 Å². The molecular weight excluding hydrogens is 384 g/mol. The van der Waals surface area contributed by atoms with E-state index in [9.17, 15) is 9.90 Å². The largest absolute Gasteiger partial charge is 0.550 e. The van der Waals surface area contributed by atoms with Crippen molar-refractivity contribution in [2.75, 3.05) is 6.54 Å². The van der Waals surface area contributed by atoms with Crippen LogP contribution < -0.4 is 16.4 Å². The van der Waals surface area contributed by atoms with Gasteiger partial charge in [0, 0.05) is 42.1 Å². The number of nitrogens with zero attached hydrogens (tertiary/aromatic N) is 2. The lowest BCUT2D eigenvalue weighted by Crippen LogP contribution is -2.50. The van der Waals surface area contributed by atoms with Crippen molar-refractivity contribution in [3.8, 4) is 17.0 Å². The van der Waals surface area contributed by atoms with E-state index in [1.165, 1.54) is 0 Å². The van der Waals surface area contributed by atoms with Gasteiger partial charge in [0.2, 0.25) is 0 Å². The molecule has 0 aliphatic carbocycles. The molecule has 0 amide bonds. The van der Waals surface area contributed by atoms with Crippen LogP contribution in [-0.4, -0.2) is 32.2 Å². The average Bonchev–Trinajstić information content (AvgIpc) is 3.03. The first kappa shape index (κ1) is 21.1. The van der Waals surface area contributed by atoms with E-state index in [0.717, 1.165) is 59.5 Å². The predicted molar refractivity (Wildman–Crippen MR) is 113 cm³/mol. The number of hydrogen-bond acceptors (Lipinski definition) is 5. The lowest BCUT2D eigenvalue weighted by Gasteiger charge is -2.03. The van der Waals surface area contributed by atoms with Gasteiger partial charge < -0.3 is 30.3 Å². The second kappa shape index (κ2) is 8.79. The van der Waals surface area contributed by atoms with Crippen molar-refractivity contribution in [2.24, 2.45) is 0 Å². The third kappa shape index (κ3) is 4.49. The summed E-state index contributed by atoms with van der Waals surface area (Å²) in [6.45, 7) is 4.56. The van der Waals surface area contributed by atoms with E-state index >= 15 is 0 Å². The van der Waals surface area contributed by atoms with Gasteiger partial charge in [-0.05, 0) is 43.7 Å². The van der Waals surface area contributed by atoms with Crippen molar-refractivity contribution >= 4 is 27.9 Å². The van der Waals surface area contributed by atoms with Crippen molar-refractivity contribution in [3.05, 3.63) is 58.5 Å². The summed E-state index contributed by atoms with van der Waals surface area (Å²) < 4.78 is 2.05.